The molecule has 0 radical (unpaired) electrons. The average Bonchev–Trinajstić information content (AvgIpc) is 2.80. The molecule has 2 aliphatic rings. The topological polar surface area (TPSA) is 36.9 Å². The number of benzene rings is 1. The van der Waals surface area contributed by atoms with Crippen LogP contribution in [0.15, 0.2) is 24.3 Å². The molecular weight excluding hydrogens is 391 g/mol. The summed E-state index contributed by atoms with van der Waals surface area (Å²) in [6.07, 6.45) is 2.16. The molecule has 4 nitrogen and oxygen atoms in total. The molecule has 0 N–H and O–H groups in total. The Bertz CT molecular complexity index is 837. The van der Waals surface area contributed by atoms with Gasteiger partial charge in [-0.25, -0.2) is 0 Å². The highest BCUT2D eigenvalue weighted by Crippen LogP contribution is 2.46. The second-order valence-corrected chi connectivity index (χ2v) is 16.4. The largest absolute Gasteiger partial charge is 0.495 e. The van der Waals surface area contributed by atoms with Crippen molar-refractivity contribution < 1.29 is 18.5 Å². The molecule has 3 rings (SSSR count). The smallest absolute Gasteiger partial charge is 0.480 e. The molecule has 0 aliphatic carbocycles. The monoisotopic (exact) mass is 430 g/mol. The van der Waals surface area contributed by atoms with Crippen molar-refractivity contribution in [3.05, 3.63) is 35.4 Å². The number of hydrogen-bond donors (Lipinski definition) is 0. The summed E-state index contributed by atoms with van der Waals surface area (Å²) in [5.41, 5.74) is 1.79. The van der Waals surface area contributed by atoms with E-state index in [-0.39, 0.29) is 5.04 Å². The van der Waals surface area contributed by atoms with E-state index < -0.39 is 32.2 Å². The van der Waals surface area contributed by atoms with Crippen LogP contribution >= 0.6 is 0 Å². The SMILES string of the molecule is Cc1cccc2c1OC(C)(CO[Si](C)(C)C(C)(C)C)C=C2B1OC(C)(C)C(C)(C)O1. The van der Waals surface area contributed by atoms with Gasteiger partial charge in [0.1, 0.15) is 11.4 Å². The number of aryl methyl sites for hydroxylation is 1. The van der Waals surface area contributed by atoms with Gasteiger partial charge in [-0.05, 0) is 76.8 Å². The molecule has 0 saturated carbocycles. The van der Waals surface area contributed by atoms with Crippen LogP contribution in [0.3, 0.4) is 0 Å². The van der Waals surface area contributed by atoms with Crippen LogP contribution in [0.25, 0.3) is 5.47 Å². The molecule has 1 fully saturated rings. The van der Waals surface area contributed by atoms with E-state index in [1.54, 1.807) is 0 Å². The summed E-state index contributed by atoms with van der Waals surface area (Å²) in [5, 5.41) is 0.143. The molecular formula is C24H39BO4Si. The van der Waals surface area contributed by atoms with Gasteiger partial charge in [-0.3, -0.25) is 0 Å². The van der Waals surface area contributed by atoms with Gasteiger partial charge < -0.3 is 18.5 Å². The fraction of sp³-hybridized carbons (Fsp3) is 0.667. The van der Waals surface area contributed by atoms with Crippen LogP contribution in [0.5, 0.6) is 5.75 Å². The first-order valence-electron chi connectivity index (χ1n) is 11.0. The number of hydrogen-bond acceptors (Lipinski definition) is 4. The Morgan fingerprint density at radius 3 is 2.10 bits per heavy atom. The van der Waals surface area contributed by atoms with Gasteiger partial charge in [0.05, 0.1) is 17.8 Å². The predicted molar refractivity (Wildman–Crippen MR) is 127 cm³/mol. The summed E-state index contributed by atoms with van der Waals surface area (Å²) in [6.45, 7) is 24.4. The van der Waals surface area contributed by atoms with E-state index in [1.807, 2.05) is 0 Å². The van der Waals surface area contributed by atoms with Crippen molar-refractivity contribution in [2.75, 3.05) is 6.61 Å². The zero-order valence-electron chi connectivity index (χ0n) is 20.7. The summed E-state index contributed by atoms with van der Waals surface area (Å²) >= 11 is 0. The molecule has 0 spiro atoms. The fourth-order valence-electron chi connectivity index (χ4n) is 3.46. The van der Waals surface area contributed by atoms with E-state index in [1.165, 1.54) is 0 Å². The third-order valence-electron chi connectivity index (χ3n) is 7.35. The fourth-order valence-corrected chi connectivity index (χ4v) is 4.54. The molecule has 6 heteroatoms. The molecule has 1 aromatic rings. The van der Waals surface area contributed by atoms with E-state index in [9.17, 15) is 0 Å². The standard InChI is InChI=1S/C24H39BO4Si/c1-17-13-12-14-18-19(25-28-22(5,6)23(7,8)29-25)15-24(9,27-20(17)18)16-26-30(10,11)21(2,3)4/h12-15H,16H2,1-11H3. The summed E-state index contributed by atoms with van der Waals surface area (Å²) in [4.78, 5) is 0. The molecule has 0 aromatic heterocycles. The van der Waals surface area contributed by atoms with Crippen molar-refractivity contribution >= 4 is 20.9 Å². The Morgan fingerprint density at radius 2 is 1.57 bits per heavy atom. The Hall–Kier alpha value is -1.08. The van der Waals surface area contributed by atoms with Crippen molar-refractivity contribution in [3.63, 3.8) is 0 Å². The first kappa shape index (κ1) is 23.6. The third-order valence-corrected chi connectivity index (χ3v) is 11.8. The minimum absolute atomic E-state index is 0.143. The van der Waals surface area contributed by atoms with E-state index >= 15 is 0 Å². The van der Waals surface area contributed by atoms with E-state index in [4.69, 9.17) is 18.5 Å². The van der Waals surface area contributed by atoms with Gasteiger partial charge in [0.15, 0.2) is 8.32 Å². The highest BCUT2D eigenvalue weighted by Gasteiger charge is 2.54. The summed E-state index contributed by atoms with van der Waals surface area (Å²) in [7, 11) is -2.35. The molecule has 1 saturated heterocycles. The highest BCUT2D eigenvalue weighted by molar-refractivity contribution is 6.74. The number of fused-ring (bicyclic) bond motifs is 1. The van der Waals surface area contributed by atoms with E-state index in [0.29, 0.717) is 6.61 Å². The number of ether oxygens (including phenoxy) is 1. The van der Waals surface area contributed by atoms with Crippen LogP contribution in [0.2, 0.25) is 18.1 Å². The Morgan fingerprint density at radius 1 is 1.00 bits per heavy atom. The molecule has 30 heavy (non-hydrogen) atoms. The van der Waals surface area contributed by atoms with Crippen molar-refractivity contribution in [1.82, 2.24) is 0 Å². The lowest BCUT2D eigenvalue weighted by atomic mass is 9.70. The zero-order valence-corrected chi connectivity index (χ0v) is 21.7. The lowest BCUT2D eigenvalue weighted by Crippen LogP contribution is -2.48. The molecule has 166 valence electrons. The molecule has 1 atom stereocenters. The minimum atomic E-state index is -1.91. The first-order valence-corrected chi connectivity index (χ1v) is 13.9. The van der Waals surface area contributed by atoms with Gasteiger partial charge in [-0.1, -0.05) is 39.0 Å². The maximum absolute atomic E-state index is 6.57. The maximum atomic E-state index is 6.57. The van der Waals surface area contributed by atoms with Gasteiger partial charge in [0.2, 0.25) is 0 Å². The lowest BCUT2D eigenvalue weighted by Gasteiger charge is -2.41. The van der Waals surface area contributed by atoms with Crippen molar-refractivity contribution in [2.24, 2.45) is 0 Å². The number of para-hydroxylation sites is 1. The normalized spacial score (nSPS) is 25.6. The molecule has 1 unspecified atom stereocenters. The Balaban J connectivity index is 1.99. The predicted octanol–water partition coefficient (Wildman–Crippen LogP) is 6.18. The summed E-state index contributed by atoms with van der Waals surface area (Å²) in [6, 6.07) is 6.24. The van der Waals surface area contributed by atoms with E-state index in [0.717, 1.165) is 22.3 Å². The summed E-state index contributed by atoms with van der Waals surface area (Å²) in [5.74, 6) is 0.894. The maximum Gasteiger partial charge on any atom is 0.495 e. The van der Waals surface area contributed by atoms with Gasteiger partial charge in [-0.2, -0.15) is 0 Å². The van der Waals surface area contributed by atoms with Gasteiger partial charge in [0, 0.05) is 5.56 Å². The van der Waals surface area contributed by atoms with E-state index in [2.05, 4.69) is 99.7 Å². The second-order valence-electron chi connectivity index (χ2n) is 11.6. The highest BCUT2D eigenvalue weighted by atomic mass is 28.4. The van der Waals surface area contributed by atoms with Crippen molar-refractivity contribution in [3.8, 4) is 5.75 Å². The zero-order chi connectivity index (χ0) is 22.8. The van der Waals surface area contributed by atoms with Crippen molar-refractivity contribution in [2.45, 2.75) is 97.2 Å². The van der Waals surface area contributed by atoms with Gasteiger partial charge in [0.25, 0.3) is 0 Å². The van der Waals surface area contributed by atoms with Gasteiger partial charge >= 0.3 is 7.12 Å². The van der Waals surface area contributed by atoms with Crippen LogP contribution in [-0.2, 0) is 13.7 Å². The molecule has 1 aromatic carbocycles. The molecule has 0 bridgehead atoms. The number of rotatable bonds is 4. The van der Waals surface area contributed by atoms with Crippen LogP contribution in [0.4, 0.5) is 0 Å². The molecule has 2 heterocycles. The first-order chi connectivity index (χ1) is 13.5. The Kier molecular flexibility index (Phi) is 5.68. The van der Waals surface area contributed by atoms with Crippen LogP contribution in [-0.4, -0.2) is 38.8 Å². The lowest BCUT2D eigenvalue weighted by molar-refractivity contribution is 0.00578. The molecule has 2 aliphatic heterocycles. The third kappa shape index (κ3) is 4.16. The summed E-state index contributed by atoms with van der Waals surface area (Å²) < 4.78 is 26.0. The van der Waals surface area contributed by atoms with Crippen molar-refractivity contribution in [1.29, 1.82) is 0 Å². The average molecular weight is 430 g/mol. The quantitative estimate of drug-likeness (QED) is 0.535. The molecule has 0 amide bonds. The second kappa shape index (κ2) is 7.23. The van der Waals surface area contributed by atoms with Gasteiger partial charge in [-0.15, -0.1) is 0 Å². The van der Waals surface area contributed by atoms with Crippen LogP contribution < -0.4 is 4.74 Å². The van der Waals surface area contributed by atoms with Crippen LogP contribution in [0.1, 0.15) is 66.5 Å². The Labute approximate surface area is 184 Å². The van der Waals surface area contributed by atoms with Crippen LogP contribution in [0, 0.1) is 6.92 Å². The minimum Gasteiger partial charge on any atom is -0.480 e.